The van der Waals surface area contributed by atoms with E-state index < -0.39 is 12.2 Å². The molecule has 4 nitrogen and oxygen atoms in total. The molecule has 0 heterocycles. The van der Waals surface area contributed by atoms with Gasteiger partial charge in [-0.05, 0) is 43.5 Å². The fourth-order valence-corrected chi connectivity index (χ4v) is 1.79. The number of hydrogen-bond acceptors (Lipinski definition) is 4. The van der Waals surface area contributed by atoms with Gasteiger partial charge in [0.25, 0.3) is 0 Å². The number of aliphatic hydroxyl groups is 2. The van der Waals surface area contributed by atoms with Crippen molar-refractivity contribution in [3.63, 3.8) is 0 Å². The molecule has 2 atom stereocenters. The summed E-state index contributed by atoms with van der Waals surface area (Å²) in [4.78, 5) is 0. The zero-order chi connectivity index (χ0) is 15.0. The molecule has 1 aromatic carbocycles. The van der Waals surface area contributed by atoms with Crippen LogP contribution in [0.1, 0.15) is 43.9 Å². The fourth-order valence-electron chi connectivity index (χ4n) is 1.79. The molecule has 0 aliphatic carbocycles. The van der Waals surface area contributed by atoms with Gasteiger partial charge >= 0.3 is 0 Å². The van der Waals surface area contributed by atoms with Crippen molar-refractivity contribution in [2.45, 2.75) is 45.8 Å². The van der Waals surface area contributed by atoms with E-state index in [4.69, 9.17) is 9.47 Å². The largest absolute Gasteiger partial charge is 0.491 e. The van der Waals surface area contributed by atoms with Crippen LogP contribution in [0.4, 0.5) is 0 Å². The summed E-state index contributed by atoms with van der Waals surface area (Å²) >= 11 is 0. The van der Waals surface area contributed by atoms with Crippen molar-refractivity contribution in [1.29, 1.82) is 0 Å². The van der Waals surface area contributed by atoms with Crippen LogP contribution in [-0.4, -0.2) is 36.1 Å². The number of hydrogen-bond donors (Lipinski definition) is 2. The van der Waals surface area contributed by atoms with E-state index in [0.29, 0.717) is 13.2 Å². The summed E-state index contributed by atoms with van der Waals surface area (Å²) in [5.41, 5.74) is 1.81. The quantitative estimate of drug-likeness (QED) is 0.684. The van der Waals surface area contributed by atoms with Crippen LogP contribution in [0.2, 0.25) is 0 Å². The number of unbranched alkanes of at least 4 members (excludes halogenated alkanes) is 1. The topological polar surface area (TPSA) is 58.9 Å². The van der Waals surface area contributed by atoms with E-state index in [2.05, 4.69) is 6.92 Å². The van der Waals surface area contributed by atoms with E-state index in [9.17, 15) is 10.2 Å². The minimum atomic E-state index is -0.623. The maximum Gasteiger partial charge on any atom is 0.122 e. The number of aliphatic hydroxyl groups excluding tert-OH is 2. The normalized spacial score (nSPS) is 14.1. The lowest BCUT2D eigenvalue weighted by Gasteiger charge is -2.15. The van der Waals surface area contributed by atoms with Crippen LogP contribution in [0, 0.1) is 6.92 Å². The highest BCUT2D eigenvalue weighted by Gasteiger charge is 2.08. The lowest BCUT2D eigenvalue weighted by Crippen LogP contribution is -2.23. The van der Waals surface area contributed by atoms with Crippen LogP contribution in [0.15, 0.2) is 18.2 Å². The van der Waals surface area contributed by atoms with E-state index in [0.717, 1.165) is 29.7 Å². The third-order valence-corrected chi connectivity index (χ3v) is 3.07. The van der Waals surface area contributed by atoms with Crippen LogP contribution in [-0.2, 0) is 4.74 Å². The molecular weight excluding hydrogens is 256 g/mol. The maximum absolute atomic E-state index is 9.75. The molecular formula is C16H26O4. The molecule has 0 saturated carbocycles. The number of aryl methyl sites for hydroxylation is 1. The summed E-state index contributed by atoms with van der Waals surface area (Å²) in [7, 11) is 0. The third-order valence-electron chi connectivity index (χ3n) is 3.07. The molecule has 0 bridgehead atoms. The SMILES string of the molecule is CCCCOCC(O)COc1ccc(C(C)O)cc1C. The van der Waals surface area contributed by atoms with Crippen LogP contribution in [0.5, 0.6) is 5.75 Å². The molecule has 114 valence electrons. The average Bonchev–Trinajstić information content (AvgIpc) is 2.42. The Morgan fingerprint density at radius 2 is 1.95 bits per heavy atom. The second-order valence-electron chi connectivity index (χ2n) is 5.09. The van der Waals surface area contributed by atoms with Gasteiger partial charge in [0.15, 0.2) is 0 Å². The molecule has 0 aromatic heterocycles. The van der Waals surface area contributed by atoms with Crippen molar-refractivity contribution >= 4 is 0 Å². The van der Waals surface area contributed by atoms with Gasteiger partial charge in [-0.2, -0.15) is 0 Å². The number of ether oxygens (including phenoxy) is 2. The predicted octanol–water partition coefficient (Wildman–Crippen LogP) is 2.60. The van der Waals surface area contributed by atoms with E-state index >= 15 is 0 Å². The second kappa shape index (κ2) is 8.95. The molecule has 20 heavy (non-hydrogen) atoms. The predicted molar refractivity (Wildman–Crippen MR) is 79.0 cm³/mol. The zero-order valence-electron chi connectivity index (χ0n) is 12.6. The lowest BCUT2D eigenvalue weighted by molar-refractivity contribution is 0.0112. The Balaban J connectivity index is 2.37. The maximum atomic E-state index is 9.75. The summed E-state index contributed by atoms with van der Waals surface area (Å²) < 4.78 is 10.9. The monoisotopic (exact) mass is 282 g/mol. The zero-order valence-corrected chi connectivity index (χ0v) is 12.6. The lowest BCUT2D eigenvalue weighted by atomic mass is 10.1. The Kier molecular flexibility index (Phi) is 7.59. The molecule has 0 radical (unpaired) electrons. The standard InChI is InChI=1S/C16H26O4/c1-4-5-8-19-10-15(18)11-20-16-7-6-14(13(3)17)9-12(16)2/h6-7,9,13,15,17-18H,4-5,8,10-11H2,1-3H3. The van der Waals surface area contributed by atoms with Gasteiger partial charge in [-0.25, -0.2) is 0 Å². The summed E-state index contributed by atoms with van der Waals surface area (Å²) in [5, 5.41) is 19.3. The first-order valence-corrected chi connectivity index (χ1v) is 7.21. The van der Waals surface area contributed by atoms with Gasteiger partial charge in [-0.1, -0.05) is 19.4 Å². The molecule has 0 fully saturated rings. The molecule has 0 saturated heterocycles. The average molecular weight is 282 g/mol. The molecule has 1 aromatic rings. The minimum Gasteiger partial charge on any atom is -0.491 e. The van der Waals surface area contributed by atoms with Gasteiger partial charge in [-0.15, -0.1) is 0 Å². The Labute approximate surface area is 121 Å². The number of rotatable bonds is 9. The first-order valence-electron chi connectivity index (χ1n) is 7.21. The molecule has 0 aliphatic heterocycles. The molecule has 2 unspecified atom stereocenters. The van der Waals surface area contributed by atoms with Crippen LogP contribution < -0.4 is 4.74 Å². The minimum absolute atomic E-state index is 0.209. The Morgan fingerprint density at radius 1 is 1.20 bits per heavy atom. The molecule has 0 amide bonds. The smallest absolute Gasteiger partial charge is 0.122 e. The fraction of sp³-hybridized carbons (Fsp3) is 0.625. The first-order chi connectivity index (χ1) is 9.54. The van der Waals surface area contributed by atoms with Gasteiger partial charge in [0.05, 0.1) is 12.7 Å². The first kappa shape index (κ1) is 17.0. The van der Waals surface area contributed by atoms with Crippen LogP contribution >= 0.6 is 0 Å². The molecule has 4 heteroatoms. The van der Waals surface area contributed by atoms with Crippen LogP contribution in [0.3, 0.4) is 0 Å². The molecule has 0 aliphatic rings. The van der Waals surface area contributed by atoms with Crippen molar-refractivity contribution in [3.8, 4) is 5.75 Å². The number of benzene rings is 1. The van der Waals surface area contributed by atoms with Crippen molar-refractivity contribution < 1.29 is 19.7 Å². The van der Waals surface area contributed by atoms with E-state index in [1.807, 2.05) is 25.1 Å². The summed E-state index contributed by atoms with van der Waals surface area (Å²) in [6, 6.07) is 5.54. The van der Waals surface area contributed by atoms with Crippen molar-refractivity contribution in [3.05, 3.63) is 29.3 Å². The van der Waals surface area contributed by atoms with Crippen molar-refractivity contribution in [2.24, 2.45) is 0 Å². The Morgan fingerprint density at radius 3 is 2.55 bits per heavy atom. The van der Waals surface area contributed by atoms with E-state index in [1.165, 1.54) is 0 Å². The summed E-state index contributed by atoms with van der Waals surface area (Å²) in [6.07, 6.45) is 0.984. The van der Waals surface area contributed by atoms with E-state index in [1.54, 1.807) is 6.92 Å². The van der Waals surface area contributed by atoms with Gasteiger partial charge < -0.3 is 19.7 Å². The van der Waals surface area contributed by atoms with E-state index in [-0.39, 0.29) is 6.61 Å². The highest BCUT2D eigenvalue weighted by atomic mass is 16.5. The van der Waals surface area contributed by atoms with Crippen molar-refractivity contribution in [1.82, 2.24) is 0 Å². The molecule has 1 rings (SSSR count). The van der Waals surface area contributed by atoms with Gasteiger partial charge in [0.2, 0.25) is 0 Å². The molecule has 2 N–H and O–H groups in total. The Bertz CT molecular complexity index is 390. The van der Waals surface area contributed by atoms with Gasteiger partial charge in [-0.3, -0.25) is 0 Å². The highest BCUT2D eigenvalue weighted by molar-refractivity contribution is 5.36. The second-order valence-corrected chi connectivity index (χ2v) is 5.09. The summed E-state index contributed by atoms with van der Waals surface area (Å²) in [5.74, 6) is 0.724. The van der Waals surface area contributed by atoms with Gasteiger partial charge in [0.1, 0.15) is 18.5 Å². The van der Waals surface area contributed by atoms with Crippen LogP contribution in [0.25, 0.3) is 0 Å². The van der Waals surface area contributed by atoms with Gasteiger partial charge in [0, 0.05) is 6.61 Å². The summed E-state index contributed by atoms with van der Waals surface area (Å²) in [6.45, 7) is 6.93. The Hall–Kier alpha value is -1.10. The highest BCUT2D eigenvalue weighted by Crippen LogP contribution is 2.22. The van der Waals surface area contributed by atoms with Crippen molar-refractivity contribution in [2.75, 3.05) is 19.8 Å². The third kappa shape index (κ3) is 5.90. The molecule has 0 spiro atoms.